The van der Waals surface area contributed by atoms with Crippen molar-refractivity contribution >= 4 is 12.1 Å². The number of carboxylic acids is 1. The van der Waals surface area contributed by atoms with Crippen molar-refractivity contribution in [2.24, 2.45) is 5.92 Å². The molecule has 100 valence electrons. The van der Waals surface area contributed by atoms with Crippen molar-refractivity contribution in [1.82, 2.24) is 5.32 Å². The summed E-state index contributed by atoms with van der Waals surface area (Å²) < 4.78 is 5.10. The van der Waals surface area contributed by atoms with E-state index in [4.69, 9.17) is 9.84 Å². The largest absolute Gasteiger partial charge is 0.481 e. The Kier molecular flexibility index (Phi) is 4.98. The SMILES string of the molecule is CCC(C(=O)O)C(C)(C)NC(=O)OC(C)(C)C. The summed E-state index contributed by atoms with van der Waals surface area (Å²) in [6.45, 7) is 10.4. The highest BCUT2D eigenvalue weighted by molar-refractivity contribution is 5.74. The molecule has 0 aromatic carbocycles. The minimum Gasteiger partial charge on any atom is -0.481 e. The number of alkyl carbamates (subject to hydrolysis) is 1. The third-order valence-corrected chi connectivity index (χ3v) is 2.40. The number of rotatable bonds is 4. The van der Waals surface area contributed by atoms with E-state index in [1.165, 1.54) is 0 Å². The van der Waals surface area contributed by atoms with Gasteiger partial charge in [0, 0.05) is 0 Å². The first kappa shape index (κ1) is 15.7. The molecule has 0 aliphatic rings. The van der Waals surface area contributed by atoms with Gasteiger partial charge >= 0.3 is 12.1 Å². The topological polar surface area (TPSA) is 75.6 Å². The molecule has 2 N–H and O–H groups in total. The van der Waals surface area contributed by atoms with Crippen LogP contribution in [-0.4, -0.2) is 28.3 Å². The third-order valence-electron chi connectivity index (χ3n) is 2.40. The lowest BCUT2D eigenvalue weighted by Gasteiger charge is -2.32. The van der Waals surface area contributed by atoms with E-state index in [0.29, 0.717) is 6.42 Å². The van der Waals surface area contributed by atoms with Crippen LogP contribution in [0.5, 0.6) is 0 Å². The minimum atomic E-state index is -0.923. The average Bonchev–Trinajstić information content (AvgIpc) is 1.96. The van der Waals surface area contributed by atoms with E-state index in [2.05, 4.69) is 5.32 Å². The molecule has 0 saturated carbocycles. The number of carboxylic acid groups (broad SMARTS) is 1. The molecule has 0 saturated heterocycles. The second-order valence-corrected chi connectivity index (χ2v) is 5.65. The number of amides is 1. The second-order valence-electron chi connectivity index (χ2n) is 5.65. The summed E-state index contributed by atoms with van der Waals surface area (Å²) in [5.74, 6) is -1.57. The molecule has 0 aromatic rings. The fourth-order valence-corrected chi connectivity index (χ4v) is 1.65. The number of carbonyl (C=O) groups is 2. The zero-order valence-electron chi connectivity index (χ0n) is 11.5. The van der Waals surface area contributed by atoms with Crippen LogP contribution >= 0.6 is 0 Å². The molecule has 1 amide bonds. The fraction of sp³-hybridized carbons (Fsp3) is 0.833. The average molecular weight is 245 g/mol. The summed E-state index contributed by atoms with van der Waals surface area (Å²) in [7, 11) is 0. The molecular weight excluding hydrogens is 222 g/mol. The molecule has 5 nitrogen and oxygen atoms in total. The Bertz CT molecular complexity index is 291. The highest BCUT2D eigenvalue weighted by Crippen LogP contribution is 2.21. The lowest BCUT2D eigenvalue weighted by Crippen LogP contribution is -2.52. The molecule has 0 radical (unpaired) electrons. The maximum Gasteiger partial charge on any atom is 0.408 e. The van der Waals surface area contributed by atoms with Crippen LogP contribution < -0.4 is 5.32 Å². The Hall–Kier alpha value is -1.26. The lowest BCUT2D eigenvalue weighted by atomic mass is 9.85. The van der Waals surface area contributed by atoms with E-state index in [0.717, 1.165) is 0 Å². The standard InChI is InChI=1S/C12H23NO4/c1-7-8(9(14)15)12(5,6)13-10(16)17-11(2,3)4/h8H,7H2,1-6H3,(H,13,16)(H,14,15). The predicted molar refractivity (Wildman–Crippen MR) is 64.9 cm³/mol. The van der Waals surface area contributed by atoms with Crippen molar-refractivity contribution in [3.63, 3.8) is 0 Å². The van der Waals surface area contributed by atoms with Crippen LogP contribution in [0.4, 0.5) is 4.79 Å². The van der Waals surface area contributed by atoms with Gasteiger partial charge in [0.2, 0.25) is 0 Å². The fourth-order valence-electron chi connectivity index (χ4n) is 1.65. The number of nitrogens with one attached hydrogen (secondary N) is 1. The Morgan fingerprint density at radius 3 is 2.00 bits per heavy atom. The van der Waals surface area contributed by atoms with Gasteiger partial charge in [0.1, 0.15) is 5.60 Å². The van der Waals surface area contributed by atoms with Gasteiger partial charge in [0.25, 0.3) is 0 Å². The first-order valence-corrected chi connectivity index (χ1v) is 5.73. The van der Waals surface area contributed by atoms with Crippen LogP contribution in [0.3, 0.4) is 0 Å². The van der Waals surface area contributed by atoms with E-state index < -0.39 is 29.1 Å². The minimum absolute atomic E-state index is 0.443. The Morgan fingerprint density at radius 1 is 1.24 bits per heavy atom. The van der Waals surface area contributed by atoms with Gasteiger partial charge in [-0.3, -0.25) is 4.79 Å². The van der Waals surface area contributed by atoms with Crippen LogP contribution in [0.15, 0.2) is 0 Å². The molecule has 0 aliphatic heterocycles. The molecule has 1 atom stereocenters. The first-order chi connectivity index (χ1) is 7.49. The van der Waals surface area contributed by atoms with E-state index >= 15 is 0 Å². The van der Waals surface area contributed by atoms with Gasteiger partial charge in [-0.2, -0.15) is 0 Å². The van der Waals surface area contributed by atoms with Gasteiger partial charge in [0.05, 0.1) is 11.5 Å². The molecule has 0 spiro atoms. The monoisotopic (exact) mass is 245 g/mol. The van der Waals surface area contributed by atoms with Crippen molar-refractivity contribution in [2.75, 3.05) is 0 Å². The molecule has 0 fully saturated rings. The number of carbonyl (C=O) groups excluding carboxylic acids is 1. The third kappa shape index (κ3) is 5.56. The first-order valence-electron chi connectivity index (χ1n) is 5.73. The highest BCUT2D eigenvalue weighted by Gasteiger charge is 2.36. The zero-order chi connectivity index (χ0) is 13.9. The van der Waals surface area contributed by atoms with Crippen molar-refractivity contribution in [3.05, 3.63) is 0 Å². The number of hydrogen-bond donors (Lipinski definition) is 2. The van der Waals surface area contributed by atoms with Crippen LogP contribution in [-0.2, 0) is 9.53 Å². The molecular formula is C12H23NO4. The molecule has 1 unspecified atom stereocenters. The molecule has 17 heavy (non-hydrogen) atoms. The van der Waals surface area contributed by atoms with E-state index in [-0.39, 0.29) is 0 Å². The van der Waals surface area contributed by atoms with Gasteiger partial charge in [-0.25, -0.2) is 4.79 Å². The molecule has 0 rings (SSSR count). The summed E-state index contributed by atoms with van der Waals surface area (Å²) in [6.07, 6.45) is -0.153. The number of aliphatic carboxylic acids is 1. The van der Waals surface area contributed by atoms with E-state index in [1.807, 2.05) is 0 Å². The summed E-state index contributed by atoms with van der Waals surface area (Å²) in [6, 6.07) is 0. The van der Waals surface area contributed by atoms with Crippen LogP contribution in [0.2, 0.25) is 0 Å². The maximum atomic E-state index is 11.6. The molecule has 0 heterocycles. The molecule has 5 heteroatoms. The Labute approximate surface area is 103 Å². The van der Waals surface area contributed by atoms with E-state index in [1.54, 1.807) is 41.5 Å². The van der Waals surface area contributed by atoms with Crippen molar-refractivity contribution < 1.29 is 19.4 Å². The summed E-state index contributed by atoms with van der Waals surface area (Å²) in [5, 5.41) is 11.7. The smallest absolute Gasteiger partial charge is 0.408 e. The zero-order valence-corrected chi connectivity index (χ0v) is 11.5. The maximum absolute atomic E-state index is 11.6. The van der Waals surface area contributed by atoms with E-state index in [9.17, 15) is 9.59 Å². The van der Waals surface area contributed by atoms with Crippen LogP contribution in [0.1, 0.15) is 48.0 Å². The molecule has 0 bridgehead atoms. The molecule has 0 aromatic heterocycles. The molecule has 0 aliphatic carbocycles. The van der Waals surface area contributed by atoms with Crippen LogP contribution in [0, 0.1) is 5.92 Å². The number of ether oxygens (including phenoxy) is 1. The summed E-state index contributed by atoms with van der Waals surface area (Å²) in [4.78, 5) is 22.6. The summed E-state index contributed by atoms with van der Waals surface area (Å²) >= 11 is 0. The van der Waals surface area contributed by atoms with Crippen molar-refractivity contribution in [1.29, 1.82) is 0 Å². The number of hydrogen-bond acceptors (Lipinski definition) is 3. The highest BCUT2D eigenvalue weighted by atomic mass is 16.6. The van der Waals surface area contributed by atoms with Gasteiger partial charge in [0.15, 0.2) is 0 Å². The van der Waals surface area contributed by atoms with Gasteiger partial charge in [-0.1, -0.05) is 6.92 Å². The summed E-state index contributed by atoms with van der Waals surface area (Å²) in [5.41, 5.74) is -1.44. The van der Waals surface area contributed by atoms with Gasteiger partial charge in [-0.15, -0.1) is 0 Å². The lowest BCUT2D eigenvalue weighted by molar-refractivity contribution is -0.144. The van der Waals surface area contributed by atoms with Crippen LogP contribution in [0.25, 0.3) is 0 Å². The quantitative estimate of drug-likeness (QED) is 0.797. The Balaban J connectivity index is 4.63. The van der Waals surface area contributed by atoms with Gasteiger partial charge in [-0.05, 0) is 41.0 Å². The van der Waals surface area contributed by atoms with Gasteiger partial charge < -0.3 is 15.2 Å². The predicted octanol–water partition coefficient (Wildman–Crippen LogP) is 2.40. The van der Waals surface area contributed by atoms with Crippen molar-refractivity contribution in [2.45, 2.75) is 59.1 Å². The van der Waals surface area contributed by atoms with Crippen molar-refractivity contribution in [3.8, 4) is 0 Å². The Morgan fingerprint density at radius 2 is 1.71 bits per heavy atom. The second kappa shape index (κ2) is 5.38. The normalized spacial score (nSPS) is 14.0.